The molecule has 0 unspecified atom stereocenters. The van der Waals surface area contributed by atoms with Gasteiger partial charge in [0.15, 0.2) is 0 Å². The largest absolute Gasteiger partial charge is 0.486 e. The van der Waals surface area contributed by atoms with Crippen molar-refractivity contribution in [2.75, 3.05) is 0 Å². The lowest BCUT2D eigenvalue weighted by Gasteiger charge is -2.09. The number of thiophene rings is 1. The van der Waals surface area contributed by atoms with Gasteiger partial charge in [-0.1, -0.05) is 19.4 Å². The molecule has 9 heteroatoms. The molecule has 0 aliphatic rings. The van der Waals surface area contributed by atoms with Crippen LogP contribution in [0.1, 0.15) is 45.7 Å². The maximum absolute atomic E-state index is 12.7. The average Bonchev–Trinajstić information content (AvgIpc) is 3.36. The molecule has 1 amide bonds. The van der Waals surface area contributed by atoms with E-state index in [0.717, 1.165) is 29.9 Å². The highest BCUT2D eigenvalue weighted by molar-refractivity contribution is 7.10. The van der Waals surface area contributed by atoms with Gasteiger partial charge in [-0.25, -0.2) is 5.43 Å². The van der Waals surface area contributed by atoms with Crippen LogP contribution in [0.15, 0.2) is 57.4 Å². The number of carbonyl (C=O) groups is 1. The standard InChI is InChI=1S/C21H19F3N2O3S/c1-2-4-19-9-14(13-30-19)20(27)26-25-11-17-7-8-18(29-17)12-28-16-6-3-5-15(10-16)21(22,23)24/h3,5-11,13H,2,4,12H2,1H3,(H,26,27)/b25-11-. The number of nitrogens with one attached hydrogen (secondary N) is 1. The molecule has 0 bridgehead atoms. The highest BCUT2D eigenvalue weighted by Gasteiger charge is 2.30. The average molecular weight is 436 g/mol. The molecule has 2 heterocycles. The van der Waals surface area contributed by atoms with Gasteiger partial charge in [0.1, 0.15) is 23.9 Å². The molecule has 0 aliphatic heterocycles. The Morgan fingerprint density at radius 3 is 2.87 bits per heavy atom. The second kappa shape index (κ2) is 9.62. The summed E-state index contributed by atoms with van der Waals surface area (Å²) < 4.78 is 49.0. The first kappa shape index (κ1) is 21.6. The fraction of sp³-hybridized carbons (Fsp3) is 0.238. The van der Waals surface area contributed by atoms with Gasteiger partial charge in [0.2, 0.25) is 0 Å². The van der Waals surface area contributed by atoms with E-state index in [1.165, 1.54) is 29.7 Å². The summed E-state index contributed by atoms with van der Waals surface area (Å²) in [5, 5.41) is 5.65. The van der Waals surface area contributed by atoms with Gasteiger partial charge in [0.05, 0.1) is 17.3 Å². The minimum absolute atomic E-state index is 0.0450. The van der Waals surface area contributed by atoms with E-state index in [1.54, 1.807) is 17.5 Å². The Kier molecular flexibility index (Phi) is 6.94. The number of amides is 1. The Morgan fingerprint density at radius 2 is 2.10 bits per heavy atom. The Bertz CT molecular complexity index is 1020. The summed E-state index contributed by atoms with van der Waals surface area (Å²) in [5.74, 6) is 0.545. The molecule has 0 radical (unpaired) electrons. The van der Waals surface area contributed by atoms with E-state index in [1.807, 2.05) is 6.07 Å². The summed E-state index contributed by atoms with van der Waals surface area (Å²) in [6.07, 6.45) is -1.15. The lowest BCUT2D eigenvalue weighted by Crippen LogP contribution is -2.16. The predicted molar refractivity (Wildman–Crippen MR) is 108 cm³/mol. The summed E-state index contributed by atoms with van der Waals surface area (Å²) in [5.41, 5.74) is 2.20. The summed E-state index contributed by atoms with van der Waals surface area (Å²) in [7, 11) is 0. The molecule has 0 fully saturated rings. The van der Waals surface area contributed by atoms with E-state index in [9.17, 15) is 18.0 Å². The van der Waals surface area contributed by atoms with Crippen molar-refractivity contribution in [3.63, 3.8) is 0 Å². The number of aryl methyl sites for hydroxylation is 1. The summed E-state index contributed by atoms with van der Waals surface area (Å²) in [6.45, 7) is 2.03. The van der Waals surface area contributed by atoms with Crippen molar-refractivity contribution in [2.24, 2.45) is 5.10 Å². The Balaban J connectivity index is 1.51. The van der Waals surface area contributed by atoms with Gasteiger partial charge in [-0.2, -0.15) is 18.3 Å². The molecule has 158 valence electrons. The quantitative estimate of drug-likeness (QED) is 0.366. The molecule has 0 saturated heterocycles. The SMILES string of the molecule is CCCc1cc(C(=O)N/N=C\c2ccc(COc3cccc(C(F)(F)F)c3)o2)cs1. The number of hydrazone groups is 1. The second-order valence-corrected chi connectivity index (χ2v) is 7.36. The van der Waals surface area contributed by atoms with E-state index in [2.05, 4.69) is 17.5 Å². The van der Waals surface area contributed by atoms with Crippen LogP contribution >= 0.6 is 11.3 Å². The van der Waals surface area contributed by atoms with Crippen molar-refractivity contribution < 1.29 is 27.1 Å². The van der Waals surface area contributed by atoms with Crippen LogP contribution in [0.2, 0.25) is 0 Å². The number of carbonyl (C=O) groups excluding carboxylic acids is 1. The zero-order chi connectivity index (χ0) is 21.6. The van der Waals surface area contributed by atoms with Crippen molar-refractivity contribution in [1.82, 2.24) is 5.43 Å². The number of alkyl halides is 3. The third kappa shape index (κ3) is 5.96. The van der Waals surface area contributed by atoms with Gasteiger partial charge >= 0.3 is 6.18 Å². The molecular formula is C21H19F3N2O3S. The molecule has 0 saturated carbocycles. The minimum Gasteiger partial charge on any atom is -0.486 e. The number of ether oxygens (including phenoxy) is 1. The molecule has 5 nitrogen and oxygen atoms in total. The first-order valence-electron chi connectivity index (χ1n) is 9.14. The number of hydrogen-bond donors (Lipinski definition) is 1. The van der Waals surface area contributed by atoms with Crippen LogP contribution in [0.25, 0.3) is 0 Å². The van der Waals surface area contributed by atoms with Crippen molar-refractivity contribution in [3.8, 4) is 5.75 Å². The van der Waals surface area contributed by atoms with Crippen LogP contribution < -0.4 is 10.2 Å². The number of hydrogen-bond acceptors (Lipinski definition) is 5. The molecule has 1 N–H and O–H groups in total. The summed E-state index contributed by atoms with van der Waals surface area (Å²) in [4.78, 5) is 13.2. The second-order valence-electron chi connectivity index (χ2n) is 6.37. The molecule has 30 heavy (non-hydrogen) atoms. The van der Waals surface area contributed by atoms with Crippen molar-refractivity contribution in [3.05, 3.63) is 75.4 Å². The zero-order valence-electron chi connectivity index (χ0n) is 16.0. The molecule has 0 spiro atoms. The Hall–Kier alpha value is -3.07. The third-order valence-electron chi connectivity index (χ3n) is 4.00. The van der Waals surface area contributed by atoms with E-state index in [4.69, 9.17) is 9.15 Å². The predicted octanol–water partition coefficient (Wildman–Crippen LogP) is 5.66. The molecule has 2 aromatic heterocycles. The van der Waals surface area contributed by atoms with Gasteiger partial charge in [-0.15, -0.1) is 11.3 Å². The number of nitrogens with zero attached hydrogens (tertiary/aromatic N) is 1. The van der Waals surface area contributed by atoms with Crippen LogP contribution in [0, 0.1) is 0 Å². The van der Waals surface area contributed by atoms with Crippen LogP contribution in [0.4, 0.5) is 13.2 Å². The van der Waals surface area contributed by atoms with E-state index >= 15 is 0 Å². The highest BCUT2D eigenvalue weighted by atomic mass is 32.1. The first-order chi connectivity index (χ1) is 14.3. The Morgan fingerprint density at radius 1 is 1.27 bits per heavy atom. The van der Waals surface area contributed by atoms with Crippen molar-refractivity contribution >= 4 is 23.5 Å². The third-order valence-corrected chi connectivity index (χ3v) is 4.99. The number of benzene rings is 1. The molecule has 3 rings (SSSR count). The normalized spacial score (nSPS) is 11.7. The van der Waals surface area contributed by atoms with Crippen LogP contribution in [-0.4, -0.2) is 12.1 Å². The Labute approximate surface area is 175 Å². The monoisotopic (exact) mass is 436 g/mol. The molecule has 0 atom stereocenters. The molecule has 3 aromatic rings. The lowest BCUT2D eigenvalue weighted by atomic mass is 10.2. The maximum atomic E-state index is 12.7. The van der Waals surface area contributed by atoms with Crippen LogP contribution in [0.5, 0.6) is 5.75 Å². The number of furan rings is 1. The summed E-state index contributed by atoms with van der Waals surface area (Å²) >= 11 is 1.53. The topological polar surface area (TPSA) is 63.8 Å². The smallest absolute Gasteiger partial charge is 0.416 e. The van der Waals surface area contributed by atoms with Gasteiger partial charge in [-0.3, -0.25) is 4.79 Å². The van der Waals surface area contributed by atoms with Gasteiger partial charge in [-0.05, 0) is 42.8 Å². The number of halogens is 3. The van der Waals surface area contributed by atoms with E-state index in [0.29, 0.717) is 17.1 Å². The maximum Gasteiger partial charge on any atom is 0.416 e. The highest BCUT2D eigenvalue weighted by Crippen LogP contribution is 2.31. The van der Waals surface area contributed by atoms with Crippen molar-refractivity contribution in [1.29, 1.82) is 0 Å². The van der Waals surface area contributed by atoms with Crippen LogP contribution in [0.3, 0.4) is 0 Å². The molecule has 0 aliphatic carbocycles. The molecular weight excluding hydrogens is 417 g/mol. The fourth-order valence-electron chi connectivity index (χ4n) is 2.55. The number of rotatable bonds is 8. The van der Waals surface area contributed by atoms with Gasteiger partial charge < -0.3 is 9.15 Å². The van der Waals surface area contributed by atoms with Crippen molar-refractivity contribution in [2.45, 2.75) is 32.5 Å². The van der Waals surface area contributed by atoms with Gasteiger partial charge in [0, 0.05) is 10.3 Å². The van der Waals surface area contributed by atoms with Gasteiger partial charge in [0.25, 0.3) is 5.91 Å². The van der Waals surface area contributed by atoms with E-state index in [-0.39, 0.29) is 18.3 Å². The first-order valence-corrected chi connectivity index (χ1v) is 10.0. The lowest BCUT2D eigenvalue weighted by molar-refractivity contribution is -0.137. The zero-order valence-corrected chi connectivity index (χ0v) is 16.8. The van der Waals surface area contributed by atoms with Crippen LogP contribution in [-0.2, 0) is 19.2 Å². The fourth-order valence-corrected chi connectivity index (χ4v) is 3.52. The van der Waals surface area contributed by atoms with E-state index < -0.39 is 11.7 Å². The molecule has 1 aromatic carbocycles. The summed E-state index contributed by atoms with van der Waals surface area (Å²) in [6, 6.07) is 9.69. The minimum atomic E-state index is -4.43.